The number of aromatic nitrogens is 4. The molecule has 0 fully saturated rings. The number of benzene rings is 1. The van der Waals surface area contributed by atoms with Crippen LogP contribution in [0.2, 0.25) is 0 Å². The van der Waals surface area contributed by atoms with Crippen molar-refractivity contribution in [3.8, 4) is 0 Å². The van der Waals surface area contributed by atoms with Crippen LogP contribution in [0.5, 0.6) is 0 Å². The number of ketones is 2. The molecule has 1 aliphatic carbocycles. The summed E-state index contributed by atoms with van der Waals surface area (Å²) in [6, 6.07) is 9.15. The van der Waals surface area contributed by atoms with E-state index < -0.39 is 0 Å². The lowest BCUT2D eigenvalue weighted by Crippen LogP contribution is -2.20. The molecule has 0 bridgehead atoms. The molecule has 0 N–H and O–H groups in total. The summed E-state index contributed by atoms with van der Waals surface area (Å²) < 4.78 is 1.53. The summed E-state index contributed by atoms with van der Waals surface area (Å²) in [5, 5.41) is 4.83. The Morgan fingerprint density at radius 3 is 2.84 bits per heavy atom. The maximum absolute atomic E-state index is 12.2. The molecule has 0 saturated carbocycles. The molecule has 1 aromatic carbocycles. The van der Waals surface area contributed by atoms with Crippen LogP contribution in [0.1, 0.15) is 39.8 Å². The minimum absolute atomic E-state index is 0.0284. The van der Waals surface area contributed by atoms with E-state index in [9.17, 15) is 9.59 Å². The van der Waals surface area contributed by atoms with Crippen LogP contribution in [-0.4, -0.2) is 36.9 Å². The predicted octanol–water partition coefficient (Wildman–Crippen LogP) is 2.86. The monoisotopic (exact) mass is 352 g/mol. The van der Waals surface area contributed by atoms with Crippen molar-refractivity contribution in [1.29, 1.82) is 0 Å². The number of hydrogen-bond donors (Lipinski definition) is 0. The van der Waals surface area contributed by atoms with Crippen molar-refractivity contribution < 1.29 is 9.59 Å². The first-order valence-corrected chi connectivity index (χ1v) is 9.09. The van der Waals surface area contributed by atoms with Gasteiger partial charge in [-0.05, 0) is 12.3 Å². The van der Waals surface area contributed by atoms with Gasteiger partial charge in [0.05, 0.1) is 17.0 Å². The third kappa shape index (κ3) is 3.19. The molecule has 7 heteroatoms. The highest BCUT2D eigenvalue weighted by atomic mass is 32.2. The number of nitrogens with zero attached hydrogens (tertiary/aromatic N) is 4. The largest absolute Gasteiger partial charge is 0.294 e. The number of rotatable bonds is 4. The van der Waals surface area contributed by atoms with Gasteiger partial charge in [0, 0.05) is 18.2 Å². The zero-order valence-electron chi connectivity index (χ0n) is 13.7. The van der Waals surface area contributed by atoms with Crippen LogP contribution in [0.3, 0.4) is 0 Å². The number of thioether (sulfide) groups is 1. The quantitative estimate of drug-likeness (QED) is 0.531. The Hall–Kier alpha value is -2.54. The number of hydrogen-bond acceptors (Lipinski definition) is 6. The molecule has 0 aliphatic heterocycles. The van der Waals surface area contributed by atoms with E-state index >= 15 is 0 Å². The molecule has 0 amide bonds. The highest BCUT2D eigenvalue weighted by molar-refractivity contribution is 7.99. The zero-order valence-corrected chi connectivity index (χ0v) is 14.5. The summed E-state index contributed by atoms with van der Waals surface area (Å²) in [6.45, 7) is 2.05. The smallest absolute Gasteiger partial charge is 0.253 e. The van der Waals surface area contributed by atoms with E-state index in [2.05, 4.69) is 15.1 Å². The Labute approximate surface area is 148 Å². The fourth-order valence-electron chi connectivity index (χ4n) is 2.95. The van der Waals surface area contributed by atoms with E-state index in [-0.39, 0.29) is 17.3 Å². The molecule has 126 valence electrons. The van der Waals surface area contributed by atoms with E-state index in [0.29, 0.717) is 34.4 Å². The van der Waals surface area contributed by atoms with Crippen LogP contribution in [0, 0.1) is 5.92 Å². The van der Waals surface area contributed by atoms with Crippen molar-refractivity contribution in [3.63, 3.8) is 0 Å². The second-order valence-electron chi connectivity index (χ2n) is 6.25. The average Bonchev–Trinajstić information content (AvgIpc) is 3.00. The molecule has 1 unspecified atom stereocenters. The molecule has 1 atom stereocenters. The van der Waals surface area contributed by atoms with Crippen LogP contribution in [-0.2, 0) is 6.42 Å². The standard InChI is InChI=1S/C18H16N4O2S/c1-11-7-14-13(15(23)8-11)9-22-17(19-14)20-18(21-22)25-10-16(24)12-5-3-2-4-6-12/h2-6,9,11H,7-8,10H2,1H3. The molecule has 0 spiro atoms. The molecule has 2 aromatic heterocycles. The Morgan fingerprint density at radius 2 is 2.04 bits per heavy atom. The number of Topliss-reactive ketones (excluding diaryl/α,β-unsaturated/α-hetero) is 2. The van der Waals surface area contributed by atoms with Gasteiger partial charge in [-0.1, -0.05) is 49.0 Å². The molecule has 25 heavy (non-hydrogen) atoms. The fourth-order valence-corrected chi connectivity index (χ4v) is 3.67. The van der Waals surface area contributed by atoms with Crippen LogP contribution >= 0.6 is 11.8 Å². The number of carbonyl (C=O) groups excluding carboxylic acids is 2. The van der Waals surface area contributed by atoms with E-state index in [1.807, 2.05) is 25.1 Å². The lowest BCUT2D eigenvalue weighted by atomic mass is 9.88. The van der Waals surface area contributed by atoms with Crippen molar-refractivity contribution in [2.45, 2.75) is 24.9 Å². The summed E-state index contributed by atoms with van der Waals surface area (Å²) in [5.74, 6) is 1.16. The topological polar surface area (TPSA) is 77.2 Å². The Balaban J connectivity index is 1.55. The third-order valence-corrected chi connectivity index (χ3v) is 5.03. The molecule has 0 radical (unpaired) electrons. The molecule has 1 aliphatic rings. The van der Waals surface area contributed by atoms with Gasteiger partial charge >= 0.3 is 0 Å². The van der Waals surface area contributed by atoms with E-state index in [1.165, 1.54) is 16.3 Å². The molecule has 4 rings (SSSR count). The second-order valence-corrected chi connectivity index (χ2v) is 7.20. The Morgan fingerprint density at radius 1 is 1.24 bits per heavy atom. The van der Waals surface area contributed by atoms with Gasteiger partial charge in [0.1, 0.15) is 0 Å². The van der Waals surface area contributed by atoms with E-state index in [1.54, 1.807) is 18.3 Å². The fraction of sp³-hybridized carbons (Fsp3) is 0.278. The average molecular weight is 352 g/mol. The van der Waals surface area contributed by atoms with Crippen molar-refractivity contribution in [2.24, 2.45) is 5.92 Å². The van der Waals surface area contributed by atoms with Crippen molar-refractivity contribution in [3.05, 3.63) is 53.3 Å². The minimum Gasteiger partial charge on any atom is -0.294 e. The molecule has 6 nitrogen and oxygen atoms in total. The SMILES string of the molecule is CC1CC(=O)c2cn3nc(SCC(=O)c4ccccc4)nc3nc2C1. The highest BCUT2D eigenvalue weighted by Gasteiger charge is 2.25. The molecular weight excluding hydrogens is 336 g/mol. The van der Waals surface area contributed by atoms with Crippen LogP contribution in [0.25, 0.3) is 5.78 Å². The minimum atomic E-state index is 0.0284. The lowest BCUT2D eigenvalue weighted by Gasteiger charge is -2.18. The number of carbonyl (C=O) groups is 2. The predicted molar refractivity (Wildman–Crippen MR) is 94.1 cm³/mol. The summed E-state index contributed by atoms with van der Waals surface area (Å²) in [7, 11) is 0. The molecule has 0 saturated heterocycles. The van der Waals surface area contributed by atoms with Crippen LogP contribution in [0.4, 0.5) is 0 Å². The maximum Gasteiger partial charge on any atom is 0.253 e. The maximum atomic E-state index is 12.2. The Bertz CT molecular complexity index is 968. The first kappa shape index (κ1) is 16.0. The first-order valence-electron chi connectivity index (χ1n) is 8.10. The molecular formula is C18H16N4O2S. The van der Waals surface area contributed by atoms with Crippen LogP contribution < -0.4 is 0 Å². The summed E-state index contributed by atoms with van der Waals surface area (Å²) in [5.41, 5.74) is 2.10. The van der Waals surface area contributed by atoms with Gasteiger partial charge in [0.2, 0.25) is 5.16 Å². The summed E-state index contributed by atoms with van der Waals surface area (Å²) in [6.07, 6.45) is 3.03. The van der Waals surface area contributed by atoms with Gasteiger partial charge in [0.15, 0.2) is 11.6 Å². The highest BCUT2D eigenvalue weighted by Crippen LogP contribution is 2.25. The normalized spacial score (nSPS) is 16.8. The van der Waals surface area contributed by atoms with Gasteiger partial charge in [-0.25, -0.2) is 9.50 Å². The Kier molecular flexibility index (Phi) is 4.09. The van der Waals surface area contributed by atoms with Crippen molar-refractivity contribution in [1.82, 2.24) is 19.6 Å². The molecule has 3 aromatic rings. The second kappa shape index (κ2) is 6.40. The zero-order chi connectivity index (χ0) is 17.4. The van der Waals surface area contributed by atoms with Gasteiger partial charge in [0.25, 0.3) is 5.78 Å². The van der Waals surface area contributed by atoms with Crippen molar-refractivity contribution >= 4 is 29.1 Å². The van der Waals surface area contributed by atoms with E-state index in [0.717, 1.165) is 12.1 Å². The van der Waals surface area contributed by atoms with Gasteiger partial charge in [-0.2, -0.15) is 4.98 Å². The van der Waals surface area contributed by atoms with Gasteiger partial charge in [-0.15, -0.1) is 5.10 Å². The lowest BCUT2D eigenvalue weighted by molar-refractivity contribution is 0.0950. The van der Waals surface area contributed by atoms with E-state index in [4.69, 9.17) is 0 Å². The molecule has 2 heterocycles. The van der Waals surface area contributed by atoms with Gasteiger partial charge in [-0.3, -0.25) is 9.59 Å². The summed E-state index contributed by atoms with van der Waals surface area (Å²) >= 11 is 1.28. The number of fused-ring (bicyclic) bond motifs is 2. The third-order valence-electron chi connectivity index (χ3n) is 4.20. The first-order chi connectivity index (χ1) is 12.1. The van der Waals surface area contributed by atoms with Gasteiger partial charge < -0.3 is 0 Å². The van der Waals surface area contributed by atoms with Crippen LogP contribution in [0.15, 0.2) is 41.7 Å². The summed E-state index contributed by atoms with van der Waals surface area (Å²) in [4.78, 5) is 33.2. The van der Waals surface area contributed by atoms with Crippen molar-refractivity contribution in [2.75, 3.05) is 5.75 Å².